The van der Waals surface area contributed by atoms with Crippen molar-refractivity contribution in [2.45, 2.75) is 19.4 Å². The summed E-state index contributed by atoms with van der Waals surface area (Å²) < 4.78 is 6.60. The van der Waals surface area contributed by atoms with Gasteiger partial charge >= 0.3 is 5.97 Å². The second-order valence-corrected chi connectivity index (χ2v) is 3.88. The zero-order chi connectivity index (χ0) is 13.7. The van der Waals surface area contributed by atoms with Gasteiger partial charge in [-0.25, -0.2) is 0 Å². The number of carboxylic acid groups (broad SMARTS) is 1. The van der Waals surface area contributed by atoms with E-state index in [1.807, 2.05) is 0 Å². The van der Waals surface area contributed by atoms with Crippen LogP contribution in [-0.4, -0.2) is 40.6 Å². The van der Waals surface area contributed by atoms with Gasteiger partial charge in [0.25, 0.3) is 0 Å². The molecule has 1 heterocycles. The number of ether oxygens (including phenoxy) is 1. The number of rotatable bonds is 6. The van der Waals surface area contributed by atoms with E-state index < -0.39 is 12.1 Å². The summed E-state index contributed by atoms with van der Waals surface area (Å²) in [6, 6.07) is 2.06. The molecular weight excluding hydrogens is 236 g/mol. The van der Waals surface area contributed by atoms with E-state index in [4.69, 9.17) is 15.1 Å². The first-order chi connectivity index (χ1) is 8.49. The van der Waals surface area contributed by atoms with E-state index in [0.717, 1.165) is 0 Å². The highest BCUT2D eigenvalue weighted by molar-refractivity contribution is 5.67. The number of methoxy groups -OCH3 is 1. The predicted molar refractivity (Wildman–Crippen MR) is 64.2 cm³/mol. The Bertz CT molecular complexity index is 475. The van der Waals surface area contributed by atoms with Crippen molar-refractivity contribution in [2.24, 2.45) is 7.05 Å². The minimum absolute atomic E-state index is 0.0950. The molecule has 0 amide bonds. The molecule has 2 N–H and O–H groups in total. The quantitative estimate of drug-likeness (QED) is 0.764. The molecule has 0 fully saturated rings. The van der Waals surface area contributed by atoms with Crippen LogP contribution in [0.15, 0.2) is 0 Å². The summed E-state index contributed by atoms with van der Waals surface area (Å²) in [6.45, 7) is 2.05. The third-order valence-electron chi connectivity index (χ3n) is 2.57. The van der Waals surface area contributed by atoms with E-state index in [-0.39, 0.29) is 6.42 Å². The van der Waals surface area contributed by atoms with E-state index >= 15 is 0 Å². The third-order valence-corrected chi connectivity index (χ3v) is 2.57. The molecule has 1 unspecified atom stereocenters. The highest BCUT2D eigenvalue weighted by Gasteiger charge is 2.16. The van der Waals surface area contributed by atoms with Crippen LogP contribution in [0, 0.1) is 18.3 Å². The summed E-state index contributed by atoms with van der Waals surface area (Å²) in [7, 11) is 3.17. The lowest BCUT2D eigenvalue weighted by molar-refractivity contribution is -0.139. The molecule has 0 saturated heterocycles. The van der Waals surface area contributed by atoms with E-state index in [2.05, 4.69) is 16.5 Å². The fourth-order valence-electron chi connectivity index (χ4n) is 1.64. The number of nitriles is 1. The van der Waals surface area contributed by atoms with Gasteiger partial charge in [-0.05, 0) is 6.92 Å². The van der Waals surface area contributed by atoms with E-state index in [1.165, 1.54) is 7.11 Å². The third kappa shape index (κ3) is 3.21. The maximum absolute atomic E-state index is 10.6. The molecule has 0 radical (unpaired) electrons. The van der Waals surface area contributed by atoms with Crippen LogP contribution in [-0.2, 0) is 16.6 Å². The SMILES string of the molecule is COC(CNc1c(C#N)c(C)nn1C)CC(=O)O. The van der Waals surface area contributed by atoms with Crippen LogP contribution in [0.25, 0.3) is 0 Å². The smallest absolute Gasteiger partial charge is 0.306 e. The molecule has 0 aromatic carbocycles. The second-order valence-electron chi connectivity index (χ2n) is 3.88. The van der Waals surface area contributed by atoms with Crippen LogP contribution < -0.4 is 5.32 Å². The summed E-state index contributed by atoms with van der Waals surface area (Å²) >= 11 is 0. The van der Waals surface area contributed by atoms with E-state index in [1.54, 1.807) is 18.7 Å². The number of aryl methyl sites for hydroxylation is 2. The Morgan fingerprint density at radius 1 is 1.72 bits per heavy atom. The number of anilines is 1. The van der Waals surface area contributed by atoms with E-state index in [9.17, 15) is 4.79 Å². The van der Waals surface area contributed by atoms with Gasteiger partial charge < -0.3 is 15.2 Å². The first kappa shape index (κ1) is 14.0. The normalized spacial score (nSPS) is 11.9. The number of hydrogen-bond acceptors (Lipinski definition) is 5. The van der Waals surface area contributed by atoms with Gasteiger partial charge in [0.05, 0.1) is 18.2 Å². The van der Waals surface area contributed by atoms with Gasteiger partial charge in [-0.15, -0.1) is 0 Å². The first-order valence-electron chi connectivity index (χ1n) is 5.41. The Balaban J connectivity index is 2.74. The molecule has 18 heavy (non-hydrogen) atoms. The Kier molecular flexibility index (Phi) is 4.68. The average Bonchev–Trinajstić information content (AvgIpc) is 2.58. The number of carboxylic acids is 1. The maximum Gasteiger partial charge on any atom is 0.306 e. The largest absolute Gasteiger partial charge is 0.481 e. The topological polar surface area (TPSA) is 100 Å². The molecule has 0 spiro atoms. The molecule has 1 atom stereocenters. The van der Waals surface area contributed by atoms with Gasteiger partial charge in [0.2, 0.25) is 0 Å². The average molecular weight is 252 g/mol. The Hall–Kier alpha value is -2.07. The second kappa shape index (κ2) is 6.02. The standard InChI is InChI=1S/C11H16N4O3/c1-7-9(5-12)11(15(2)14-7)13-6-8(18-3)4-10(16)17/h8,13H,4,6H2,1-3H3,(H,16,17). The lowest BCUT2D eigenvalue weighted by Gasteiger charge is -2.14. The molecule has 0 aliphatic carbocycles. The Morgan fingerprint density at radius 2 is 2.39 bits per heavy atom. The summed E-state index contributed by atoms with van der Waals surface area (Å²) in [4.78, 5) is 10.6. The van der Waals surface area contributed by atoms with Gasteiger partial charge in [0.1, 0.15) is 17.5 Å². The van der Waals surface area contributed by atoms with Crippen molar-refractivity contribution in [3.63, 3.8) is 0 Å². The van der Waals surface area contributed by atoms with Gasteiger partial charge in [0, 0.05) is 20.7 Å². The van der Waals surface area contributed by atoms with Crippen LogP contribution in [0.3, 0.4) is 0 Å². The van der Waals surface area contributed by atoms with Crippen LogP contribution in [0.2, 0.25) is 0 Å². The van der Waals surface area contributed by atoms with Crippen molar-refractivity contribution in [1.82, 2.24) is 9.78 Å². The molecule has 1 aromatic heterocycles. The highest BCUT2D eigenvalue weighted by atomic mass is 16.5. The van der Waals surface area contributed by atoms with Crippen LogP contribution in [0.5, 0.6) is 0 Å². The molecule has 7 nitrogen and oxygen atoms in total. The summed E-state index contributed by atoms with van der Waals surface area (Å²) in [5, 5.41) is 24.8. The molecular formula is C11H16N4O3. The molecule has 0 aliphatic heterocycles. The number of hydrogen-bond donors (Lipinski definition) is 2. The Labute approximate surface area is 105 Å². The molecule has 0 aliphatic rings. The number of carbonyl (C=O) groups is 1. The Morgan fingerprint density at radius 3 is 2.89 bits per heavy atom. The molecule has 0 bridgehead atoms. The number of aromatic nitrogens is 2. The van der Waals surface area contributed by atoms with Gasteiger partial charge in [-0.3, -0.25) is 9.48 Å². The highest BCUT2D eigenvalue weighted by Crippen LogP contribution is 2.17. The molecule has 1 aromatic rings. The zero-order valence-electron chi connectivity index (χ0n) is 10.6. The van der Waals surface area contributed by atoms with Gasteiger partial charge in [-0.2, -0.15) is 10.4 Å². The van der Waals surface area contributed by atoms with Crippen LogP contribution >= 0.6 is 0 Å². The monoisotopic (exact) mass is 252 g/mol. The number of nitrogens with one attached hydrogen (secondary N) is 1. The zero-order valence-corrected chi connectivity index (χ0v) is 10.6. The predicted octanol–water partition coefficient (Wildman–Crippen LogP) is 0.502. The lowest BCUT2D eigenvalue weighted by atomic mass is 10.2. The summed E-state index contributed by atoms with van der Waals surface area (Å²) in [5.74, 6) is -0.354. The van der Waals surface area contributed by atoms with Crippen molar-refractivity contribution in [2.75, 3.05) is 19.0 Å². The van der Waals surface area contributed by atoms with E-state index in [0.29, 0.717) is 23.6 Å². The minimum Gasteiger partial charge on any atom is -0.481 e. The lowest BCUT2D eigenvalue weighted by Crippen LogP contribution is -2.26. The molecule has 1 rings (SSSR count). The molecule has 7 heteroatoms. The number of aliphatic carboxylic acids is 1. The maximum atomic E-state index is 10.6. The van der Waals surface area contributed by atoms with Crippen molar-refractivity contribution >= 4 is 11.8 Å². The van der Waals surface area contributed by atoms with Gasteiger partial charge in [0.15, 0.2) is 0 Å². The fraction of sp³-hybridized carbons (Fsp3) is 0.545. The van der Waals surface area contributed by atoms with Crippen molar-refractivity contribution < 1.29 is 14.6 Å². The van der Waals surface area contributed by atoms with Crippen molar-refractivity contribution in [1.29, 1.82) is 5.26 Å². The summed E-state index contributed by atoms with van der Waals surface area (Å²) in [6.07, 6.45) is -0.549. The summed E-state index contributed by atoms with van der Waals surface area (Å²) in [5.41, 5.74) is 1.09. The van der Waals surface area contributed by atoms with Crippen LogP contribution in [0.1, 0.15) is 17.7 Å². The van der Waals surface area contributed by atoms with Crippen molar-refractivity contribution in [3.8, 4) is 6.07 Å². The fourth-order valence-corrected chi connectivity index (χ4v) is 1.64. The van der Waals surface area contributed by atoms with Crippen molar-refractivity contribution in [3.05, 3.63) is 11.3 Å². The van der Waals surface area contributed by atoms with Gasteiger partial charge in [-0.1, -0.05) is 0 Å². The molecule has 98 valence electrons. The minimum atomic E-state index is -0.926. The first-order valence-corrected chi connectivity index (χ1v) is 5.41. The van der Waals surface area contributed by atoms with Crippen LogP contribution in [0.4, 0.5) is 5.82 Å². The number of nitrogens with zero attached hydrogens (tertiary/aromatic N) is 3. The molecule has 0 saturated carbocycles.